The summed E-state index contributed by atoms with van der Waals surface area (Å²) in [4.78, 5) is 13.1. The first-order valence-corrected chi connectivity index (χ1v) is 6.23. The molecular weight excluding hydrogens is 231 g/mol. The van der Waals surface area contributed by atoms with Crippen molar-refractivity contribution in [2.75, 3.05) is 0 Å². The Balaban J connectivity index is 2.14. The number of hydrogen-bond donors (Lipinski definition) is 0. The van der Waals surface area contributed by atoms with Gasteiger partial charge in [0.05, 0.1) is 0 Å². The summed E-state index contributed by atoms with van der Waals surface area (Å²) < 4.78 is 13.1. The minimum atomic E-state index is -0.406. The number of carbonyl (C=O) groups is 1. The van der Waals surface area contributed by atoms with Gasteiger partial charge in [-0.3, -0.25) is 4.79 Å². The molecule has 0 aliphatic heterocycles. The van der Waals surface area contributed by atoms with Gasteiger partial charge in [-0.1, -0.05) is 0 Å². The second-order valence-corrected chi connectivity index (χ2v) is 5.29. The molecule has 2 aromatic rings. The van der Waals surface area contributed by atoms with Crippen molar-refractivity contribution in [1.29, 1.82) is 0 Å². The molecule has 0 aliphatic carbocycles. The van der Waals surface area contributed by atoms with Crippen molar-refractivity contribution in [3.63, 3.8) is 0 Å². The van der Waals surface area contributed by atoms with Crippen LogP contribution in [0.1, 0.15) is 20.1 Å². The van der Waals surface area contributed by atoms with Gasteiger partial charge in [-0.05, 0) is 35.4 Å². The summed E-state index contributed by atoms with van der Waals surface area (Å²) in [6.45, 7) is 1.99. The maximum absolute atomic E-state index is 13.1. The van der Waals surface area contributed by atoms with Gasteiger partial charge in [0.2, 0.25) is 0 Å². The summed E-state index contributed by atoms with van der Waals surface area (Å²) in [6.07, 6.45) is 0.293. The van der Waals surface area contributed by atoms with Crippen LogP contribution in [0.25, 0.3) is 0 Å². The van der Waals surface area contributed by atoms with Crippen LogP contribution in [0.4, 0.5) is 4.39 Å². The third-order valence-electron chi connectivity index (χ3n) is 2.02. The van der Waals surface area contributed by atoms with E-state index in [0.717, 1.165) is 16.9 Å². The van der Waals surface area contributed by atoms with Gasteiger partial charge in [-0.15, -0.1) is 22.7 Å². The first kappa shape index (κ1) is 10.5. The number of carbonyl (C=O) groups excluding carboxylic acids is 1. The number of rotatable bonds is 3. The highest BCUT2D eigenvalue weighted by Crippen LogP contribution is 2.20. The lowest BCUT2D eigenvalue weighted by molar-refractivity contribution is 0.0993. The summed E-state index contributed by atoms with van der Waals surface area (Å²) in [5, 5.41) is 3.54. The highest BCUT2D eigenvalue weighted by atomic mass is 32.1. The van der Waals surface area contributed by atoms with Gasteiger partial charge < -0.3 is 0 Å². The van der Waals surface area contributed by atoms with Gasteiger partial charge in [0.1, 0.15) is 10.7 Å². The van der Waals surface area contributed by atoms with Crippen LogP contribution in [0.15, 0.2) is 22.9 Å². The minimum absolute atomic E-state index is 0.139. The molecule has 0 fully saturated rings. The van der Waals surface area contributed by atoms with E-state index >= 15 is 0 Å². The van der Waals surface area contributed by atoms with Crippen molar-refractivity contribution in [2.24, 2.45) is 0 Å². The smallest absolute Gasteiger partial charge is 0.180 e. The fourth-order valence-corrected chi connectivity index (χ4v) is 2.76. The fraction of sp³-hybridized carbons (Fsp3) is 0.182. The Morgan fingerprint density at radius 3 is 2.80 bits per heavy atom. The summed E-state index contributed by atoms with van der Waals surface area (Å²) in [5.74, 6) is -0.544. The Kier molecular flexibility index (Phi) is 2.98. The maximum atomic E-state index is 13.1. The van der Waals surface area contributed by atoms with E-state index < -0.39 is 5.82 Å². The van der Waals surface area contributed by atoms with Crippen LogP contribution in [0, 0.1) is 12.7 Å². The number of halogens is 1. The average molecular weight is 240 g/mol. The normalized spacial score (nSPS) is 10.5. The molecule has 2 aromatic heterocycles. The molecule has 78 valence electrons. The Hall–Kier alpha value is -1.00. The molecule has 0 unspecified atom stereocenters. The van der Waals surface area contributed by atoms with Crippen LogP contribution in [-0.2, 0) is 6.42 Å². The van der Waals surface area contributed by atoms with E-state index in [1.165, 1.54) is 10.9 Å². The van der Waals surface area contributed by atoms with Crippen molar-refractivity contribution in [3.05, 3.63) is 44.0 Å². The molecule has 0 aliphatic rings. The molecule has 0 atom stereocenters. The van der Waals surface area contributed by atoms with Gasteiger partial charge in [0, 0.05) is 11.3 Å². The molecule has 4 heteroatoms. The average Bonchev–Trinajstić information content (AvgIpc) is 2.75. The van der Waals surface area contributed by atoms with Gasteiger partial charge >= 0.3 is 0 Å². The topological polar surface area (TPSA) is 17.1 Å². The second-order valence-electron chi connectivity index (χ2n) is 3.26. The van der Waals surface area contributed by atoms with Crippen LogP contribution in [0.2, 0.25) is 0 Å². The Bertz CT molecular complexity index is 484. The van der Waals surface area contributed by atoms with Crippen LogP contribution >= 0.6 is 22.7 Å². The summed E-state index contributed by atoms with van der Waals surface area (Å²) in [7, 11) is 0. The lowest BCUT2D eigenvalue weighted by Gasteiger charge is -1.95. The van der Waals surface area contributed by atoms with Gasteiger partial charge in [0.15, 0.2) is 5.78 Å². The number of aryl methyl sites for hydroxylation is 1. The van der Waals surface area contributed by atoms with Crippen LogP contribution < -0.4 is 0 Å². The maximum Gasteiger partial charge on any atom is 0.180 e. The summed E-state index contributed by atoms with van der Waals surface area (Å²) >= 11 is 2.77. The summed E-state index contributed by atoms with van der Waals surface area (Å²) in [6, 6.07) is 3.30. The lowest BCUT2D eigenvalue weighted by atomic mass is 10.1. The van der Waals surface area contributed by atoms with E-state index in [-0.39, 0.29) is 10.7 Å². The Labute approximate surface area is 95.2 Å². The van der Waals surface area contributed by atoms with Crippen molar-refractivity contribution in [2.45, 2.75) is 13.3 Å². The van der Waals surface area contributed by atoms with Gasteiger partial charge in [0.25, 0.3) is 0 Å². The fourth-order valence-electron chi connectivity index (χ4n) is 1.35. The molecule has 0 amide bonds. The number of thiophene rings is 2. The first-order chi connectivity index (χ1) is 7.16. The molecule has 2 heterocycles. The van der Waals surface area contributed by atoms with Crippen molar-refractivity contribution < 1.29 is 9.18 Å². The monoisotopic (exact) mass is 240 g/mol. The van der Waals surface area contributed by atoms with E-state index in [4.69, 9.17) is 0 Å². The third-order valence-corrected chi connectivity index (χ3v) is 3.86. The first-order valence-electron chi connectivity index (χ1n) is 4.47. The molecule has 1 nitrogen and oxygen atoms in total. The number of Topliss-reactive ketones (excluding diaryl/α,β-unsaturated/α-hetero) is 1. The molecule has 2 rings (SSSR count). The predicted molar refractivity (Wildman–Crippen MR) is 61.4 cm³/mol. The molecule has 0 saturated carbocycles. The second kappa shape index (κ2) is 4.24. The molecule has 15 heavy (non-hydrogen) atoms. The van der Waals surface area contributed by atoms with E-state index in [0.29, 0.717) is 6.42 Å². The van der Waals surface area contributed by atoms with Crippen molar-refractivity contribution in [1.82, 2.24) is 0 Å². The zero-order valence-electron chi connectivity index (χ0n) is 8.12. The van der Waals surface area contributed by atoms with Crippen molar-refractivity contribution in [3.8, 4) is 0 Å². The lowest BCUT2D eigenvalue weighted by Crippen LogP contribution is -2.02. The van der Waals surface area contributed by atoms with Gasteiger partial charge in [-0.25, -0.2) is 4.39 Å². The highest BCUT2D eigenvalue weighted by Gasteiger charge is 2.13. The van der Waals surface area contributed by atoms with E-state index in [2.05, 4.69) is 0 Å². The number of ketones is 1. The minimum Gasteiger partial charge on any atom is -0.293 e. The molecule has 0 aromatic carbocycles. The highest BCUT2D eigenvalue weighted by molar-refractivity contribution is 7.12. The molecule has 0 spiro atoms. The Morgan fingerprint density at radius 1 is 1.47 bits per heavy atom. The number of hydrogen-bond acceptors (Lipinski definition) is 3. The zero-order chi connectivity index (χ0) is 10.8. The molecule has 0 N–H and O–H groups in total. The van der Waals surface area contributed by atoms with Crippen LogP contribution in [-0.4, -0.2) is 5.78 Å². The zero-order valence-corrected chi connectivity index (χ0v) is 9.75. The predicted octanol–water partition coefficient (Wildman–Crippen LogP) is 3.68. The largest absolute Gasteiger partial charge is 0.293 e. The molecule has 0 radical (unpaired) electrons. The third kappa shape index (κ3) is 2.33. The molecule has 0 saturated heterocycles. The SMILES string of the molecule is Cc1cc(CC(=O)c2sccc2F)cs1. The molecular formula is C11H9FOS2. The van der Waals surface area contributed by atoms with E-state index in [9.17, 15) is 9.18 Å². The molecule has 0 bridgehead atoms. The van der Waals surface area contributed by atoms with Crippen LogP contribution in [0.3, 0.4) is 0 Å². The van der Waals surface area contributed by atoms with Crippen LogP contribution in [0.5, 0.6) is 0 Å². The Morgan fingerprint density at radius 2 is 2.27 bits per heavy atom. The van der Waals surface area contributed by atoms with E-state index in [1.807, 2.05) is 18.4 Å². The summed E-state index contributed by atoms with van der Waals surface area (Å²) in [5.41, 5.74) is 0.968. The quantitative estimate of drug-likeness (QED) is 0.748. The van der Waals surface area contributed by atoms with Gasteiger partial charge in [-0.2, -0.15) is 0 Å². The standard InChI is InChI=1S/C11H9FOS2/c1-7-4-8(6-15-7)5-10(13)11-9(12)2-3-14-11/h2-4,6H,5H2,1H3. The van der Waals surface area contributed by atoms with Crippen molar-refractivity contribution >= 4 is 28.5 Å². The van der Waals surface area contributed by atoms with E-state index in [1.54, 1.807) is 16.7 Å².